The van der Waals surface area contributed by atoms with Crippen molar-refractivity contribution in [3.63, 3.8) is 0 Å². The van der Waals surface area contributed by atoms with Gasteiger partial charge in [0.25, 0.3) is 5.91 Å². The molecule has 0 aliphatic heterocycles. The highest BCUT2D eigenvalue weighted by Gasteiger charge is 2.12. The predicted octanol–water partition coefficient (Wildman–Crippen LogP) is 4.09. The van der Waals surface area contributed by atoms with E-state index in [4.69, 9.17) is 23.2 Å². The van der Waals surface area contributed by atoms with Gasteiger partial charge in [-0.1, -0.05) is 23.2 Å². The molecule has 2 aromatic rings. The minimum atomic E-state index is -0.495. The van der Waals surface area contributed by atoms with Crippen LogP contribution in [0.25, 0.3) is 0 Å². The highest BCUT2D eigenvalue weighted by Crippen LogP contribution is 2.20. The number of aromatic nitrogens is 1. The van der Waals surface area contributed by atoms with E-state index in [9.17, 15) is 9.18 Å². The zero-order valence-electron chi connectivity index (χ0n) is 9.88. The maximum atomic E-state index is 12.9. The van der Waals surface area contributed by atoms with E-state index < -0.39 is 11.7 Å². The van der Waals surface area contributed by atoms with Gasteiger partial charge in [-0.25, -0.2) is 9.37 Å². The van der Waals surface area contributed by atoms with E-state index >= 15 is 0 Å². The van der Waals surface area contributed by atoms with E-state index in [1.807, 2.05) is 0 Å². The van der Waals surface area contributed by atoms with Gasteiger partial charge < -0.3 is 5.32 Å². The summed E-state index contributed by atoms with van der Waals surface area (Å²) < 4.78 is 12.9. The molecular weight excluding hydrogens is 290 g/mol. The molecule has 0 spiro atoms. The average molecular weight is 299 g/mol. The van der Waals surface area contributed by atoms with Crippen LogP contribution in [0.5, 0.6) is 0 Å². The average Bonchev–Trinajstić information content (AvgIpc) is 2.33. The molecule has 1 amide bonds. The zero-order chi connectivity index (χ0) is 14.0. The lowest BCUT2D eigenvalue weighted by Gasteiger charge is -2.07. The Labute approximate surface area is 119 Å². The van der Waals surface area contributed by atoms with E-state index in [1.54, 1.807) is 13.0 Å². The summed E-state index contributed by atoms with van der Waals surface area (Å²) >= 11 is 11.6. The van der Waals surface area contributed by atoms with Crippen LogP contribution in [0.15, 0.2) is 30.5 Å². The fourth-order valence-electron chi connectivity index (χ4n) is 1.50. The first-order chi connectivity index (χ1) is 8.97. The number of amides is 1. The molecule has 0 saturated heterocycles. The summed E-state index contributed by atoms with van der Waals surface area (Å²) in [6.07, 6.45) is 1.44. The molecule has 0 aliphatic carbocycles. The van der Waals surface area contributed by atoms with Gasteiger partial charge in [0.1, 0.15) is 11.0 Å². The number of pyridine rings is 1. The lowest BCUT2D eigenvalue weighted by Crippen LogP contribution is -2.13. The quantitative estimate of drug-likeness (QED) is 0.849. The Morgan fingerprint density at radius 3 is 2.68 bits per heavy atom. The van der Waals surface area contributed by atoms with Crippen molar-refractivity contribution in [3.05, 3.63) is 57.6 Å². The van der Waals surface area contributed by atoms with Crippen LogP contribution in [-0.2, 0) is 0 Å². The van der Waals surface area contributed by atoms with Crippen molar-refractivity contribution in [2.45, 2.75) is 6.92 Å². The number of hydrogen-bond donors (Lipinski definition) is 1. The molecule has 6 heteroatoms. The van der Waals surface area contributed by atoms with Gasteiger partial charge in [0, 0.05) is 0 Å². The number of halogens is 3. The Morgan fingerprint density at radius 1 is 1.32 bits per heavy atom. The Kier molecular flexibility index (Phi) is 4.02. The number of nitrogens with one attached hydrogen (secondary N) is 1. The Balaban J connectivity index is 2.23. The van der Waals surface area contributed by atoms with Gasteiger partial charge in [0.05, 0.1) is 22.5 Å². The molecule has 0 radical (unpaired) electrons. The normalized spacial score (nSPS) is 10.3. The largest absolute Gasteiger partial charge is 0.321 e. The topological polar surface area (TPSA) is 42.0 Å². The number of rotatable bonds is 2. The standard InChI is InChI=1S/C13H9Cl2FN2O/c1-7-4-9(6-17-12(7)15)18-13(19)10-3-2-8(16)5-11(10)14/h2-6H,1H3,(H,18,19). The summed E-state index contributed by atoms with van der Waals surface area (Å²) in [7, 11) is 0. The van der Waals surface area contributed by atoms with Crippen LogP contribution in [0, 0.1) is 12.7 Å². The number of anilines is 1. The molecule has 0 fully saturated rings. The first kappa shape index (κ1) is 13.8. The number of benzene rings is 1. The molecule has 0 bridgehead atoms. The smallest absolute Gasteiger partial charge is 0.257 e. The maximum absolute atomic E-state index is 12.9. The SMILES string of the molecule is Cc1cc(NC(=O)c2ccc(F)cc2Cl)cnc1Cl. The summed E-state index contributed by atoms with van der Waals surface area (Å²) in [5, 5.41) is 3.04. The van der Waals surface area contributed by atoms with Gasteiger partial charge in [-0.3, -0.25) is 4.79 Å². The molecule has 3 nitrogen and oxygen atoms in total. The van der Waals surface area contributed by atoms with Gasteiger partial charge in [0.15, 0.2) is 0 Å². The molecular formula is C13H9Cl2FN2O. The Hall–Kier alpha value is -1.65. The van der Waals surface area contributed by atoms with E-state index in [-0.39, 0.29) is 10.6 Å². The van der Waals surface area contributed by atoms with Crippen LogP contribution < -0.4 is 5.32 Å². The highest BCUT2D eigenvalue weighted by atomic mass is 35.5. The Bertz CT molecular complexity index is 647. The van der Waals surface area contributed by atoms with Crippen molar-refractivity contribution in [2.24, 2.45) is 0 Å². The summed E-state index contributed by atoms with van der Waals surface area (Å²) in [5.41, 5.74) is 1.42. The van der Waals surface area contributed by atoms with Gasteiger partial charge >= 0.3 is 0 Å². The van der Waals surface area contributed by atoms with Crippen molar-refractivity contribution in [1.29, 1.82) is 0 Å². The highest BCUT2D eigenvalue weighted by molar-refractivity contribution is 6.34. The first-order valence-corrected chi connectivity index (χ1v) is 6.11. The lowest BCUT2D eigenvalue weighted by atomic mass is 10.2. The first-order valence-electron chi connectivity index (χ1n) is 5.36. The summed E-state index contributed by atoms with van der Waals surface area (Å²) in [5.74, 6) is -0.931. The van der Waals surface area contributed by atoms with Crippen molar-refractivity contribution in [1.82, 2.24) is 4.98 Å². The van der Waals surface area contributed by atoms with E-state index in [0.29, 0.717) is 10.8 Å². The zero-order valence-corrected chi connectivity index (χ0v) is 11.4. The van der Waals surface area contributed by atoms with Crippen molar-refractivity contribution in [3.8, 4) is 0 Å². The van der Waals surface area contributed by atoms with E-state index in [0.717, 1.165) is 11.6 Å². The molecule has 2 rings (SSSR count). The molecule has 1 aromatic carbocycles. The second-order valence-electron chi connectivity index (χ2n) is 3.91. The molecule has 0 atom stereocenters. The number of carbonyl (C=O) groups is 1. The van der Waals surface area contributed by atoms with Crippen LogP contribution in [0.3, 0.4) is 0 Å². The van der Waals surface area contributed by atoms with Crippen molar-refractivity contribution >= 4 is 34.8 Å². The van der Waals surface area contributed by atoms with Gasteiger partial charge in [-0.2, -0.15) is 0 Å². The number of aryl methyl sites for hydroxylation is 1. The third kappa shape index (κ3) is 3.22. The fourth-order valence-corrected chi connectivity index (χ4v) is 1.85. The molecule has 1 heterocycles. The molecule has 98 valence electrons. The second-order valence-corrected chi connectivity index (χ2v) is 4.68. The van der Waals surface area contributed by atoms with Crippen LogP contribution in [-0.4, -0.2) is 10.9 Å². The van der Waals surface area contributed by atoms with Crippen LogP contribution in [0.4, 0.5) is 10.1 Å². The van der Waals surface area contributed by atoms with Gasteiger partial charge in [-0.15, -0.1) is 0 Å². The second kappa shape index (κ2) is 5.55. The molecule has 1 N–H and O–H groups in total. The monoisotopic (exact) mass is 298 g/mol. The third-order valence-corrected chi connectivity index (χ3v) is 3.16. The molecule has 0 saturated carbocycles. The molecule has 1 aromatic heterocycles. The van der Waals surface area contributed by atoms with Crippen LogP contribution >= 0.6 is 23.2 Å². The summed E-state index contributed by atoms with van der Waals surface area (Å²) in [4.78, 5) is 15.9. The minimum Gasteiger partial charge on any atom is -0.321 e. The number of carbonyl (C=O) groups excluding carboxylic acids is 1. The number of nitrogens with zero attached hydrogens (tertiary/aromatic N) is 1. The molecule has 0 unspecified atom stereocenters. The van der Waals surface area contributed by atoms with Gasteiger partial charge in [-0.05, 0) is 36.8 Å². The molecule has 0 aliphatic rings. The fraction of sp³-hybridized carbons (Fsp3) is 0.0769. The minimum absolute atomic E-state index is 0.0520. The molecule has 19 heavy (non-hydrogen) atoms. The van der Waals surface area contributed by atoms with Crippen molar-refractivity contribution < 1.29 is 9.18 Å². The van der Waals surface area contributed by atoms with Gasteiger partial charge in [0.2, 0.25) is 0 Å². The lowest BCUT2D eigenvalue weighted by molar-refractivity contribution is 0.102. The summed E-state index contributed by atoms with van der Waals surface area (Å²) in [6.45, 7) is 1.77. The van der Waals surface area contributed by atoms with Crippen LogP contribution in [0.2, 0.25) is 10.2 Å². The maximum Gasteiger partial charge on any atom is 0.257 e. The summed E-state index contributed by atoms with van der Waals surface area (Å²) in [6, 6.07) is 5.27. The predicted molar refractivity (Wildman–Crippen MR) is 73.3 cm³/mol. The Morgan fingerprint density at radius 2 is 2.05 bits per heavy atom. The van der Waals surface area contributed by atoms with E-state index in [1.165, 1.54) is 18.3 Å². The third-order valence-electron chi connectivity index (χ3n) is 2.45. The van der Waals surface area contributed by atoms with E-state index in [2.05, 4.69) is 10.3 Å². The van der Waals surface area contributed by atoms with Crippen LogP contribution in [0.1, 0.15) is 15.9 Å². The number of hydrogen-bond acceptors (Lipinski definition) is 2. The van der Waals surface area contributed by atoms with Crippen molar-refractivity contribution in [2.75, 3.05) is 5.32 Å².